The monoisotopic (exact) mass is 545 g/mol. The lowest BCUT2D eigenvalue weighted by Gasteiger charge is -2.45. The average molecular weight is 546 g/mol. The van der Waals surface area contributed by atoms with Crippen LogP contribution in [0.15, 0.2) is 0 Å². The van der Waals surface area contributed by atoms with E-state index < -0.39 is 60.9 Å². The number of ether oxygens (including phenoxy) is 3. The maximum atomic E-state index is 13.4. The van der Waals surface area contributed by atoms with Crippen LogP contribution in [0.25, 0.3) is 0 Å². The minimum atomic E-state index is -1.27. The number of hydrogen-bond donors (Lipinski definition) is 4. The summed E-state index contributed by atoms with van der Waals surface area (Å²) in [5.41, 5.74) is 0. The summed E-state index contributed by atoms with van der Waals surface area (Å²) in [6.45, 7) is 14.9. The van der Waals surface area contributed by atoms with Crippen molar-refractivity contribution in [2.45, 2.75) is 130 Å². The van der Waals surface area contributed by atoms with Gasteiger partial charge in [-0.25, -0.2) is 0 Å². The van der Waals surface area contributed by atoms with Crippen LogP contribution < -0.4 is 0 Å². The lowest BCUT2D eigenvalue weighted by Crippen LogP contribution is -2.56. The van der Waals surface area contributed by atoms with Crippen molar-refractivity contribution in [3.63, 3.8) is 0 Å². The van der Waals surface area contributed by atoms with Gasteiger partial charge in [-0.2, -0.15) is 0 Å². The molecular weight excluding hydrogens is 490 g/mol. The van der Waals surface area contributed by atoms with Gasteiger partial charge in [0.1, 0.15) is 11.9 Å². The Morgan fingerprint density at radius 3 is 2.00 bits per heavy atom. The van der Waals surface area contributed by atoms with Crippen molar-refractivity contribution in [3.05, 3.63) is 0 Å². The Bertz CT molecular complexity index is 737. The maximum absolute atomic E-state index is 13.4. The molecule has 2 fully saturated rings. The predicted molar refractivity (Wildman–Crippen MR) is 145 cm³/mol. The van der Waals surface area contributed by atoms with Crippen molar-refractivity contribution in [2.24, 2.45) is 35.5 Å². The normalized spacial score (nSPS) is 48.6. The number of ketones is 1. The number of hydrogen-bond acceptors (Lipinski definition) is 9. The molecule has 2 heterocycles. The zero-order valence-corrected chi connectivity index (χ0v) is 25.2. The fraction of sp³-hybridized carbons (Fsp3) is 0.966. The van der Waals surface area contributed by atoms with Gasteiger partial charge in [0, 0.05) is 35.6 Å². The van der Waals surface area contributed by atoms with Crippen LogP contribution in [0.3, 0.4) is 0 Å². The second-order valence-corrected chi connectivity index (χ2v) is 12.5. The van der Waals surface area contributed by atoms with Gasteiger partial charge in [0.15, 0.2) is 12.6 Å². The molecule has 0 aromatic rings. The number of Topliss-reactive ketones (excluding diaryl/α,β-unsaturated/α-hetero) is 1. The molecule has 9 heteroatoms. The second kappa shape index (κ2) is 14.3. The van der Waals surface area contributed by atoms with Gasteiger partial charge in [-0.05, 0) is 46.2 Å². The van der Waals surface area contributed by atoms with Crippen LogP contribution >= 0.6 is 0 Å². The summed E-state index contributed by atoms with van der Waals surface area (Å²) in [5.74, 6) is -2.68. The summed E-state index contributed by atoms with van der Waals surface area (Å²) >= 11 is 0. The van der Waals surface area contributed by atoms with Gasteiger partial charge in [0.2, 0.25) is 0 Å². The van der Waals surface area contributed by atoms with Gasteiger partial charge in [-0.3, -0.25) is 4.79 Å². The first-order valence-corrected chi connectivity index (χ1v) is 14.5. The zero-order chi connectivity index (χ0) is 29.1. The van der Waals surface area contributed by atoms with E-state index >= 15 is 0 Å². The number of aliphatic hydroxyl groups is 4. The molecular formula is C29H55NO8. The molecule has 15 atom stereocenters. The Labute approximate surface area is 229 Å². The first kappa shape index (κ1) is 33.6. The van der Waals surface area contributed by atoms with Gasteiger partial charge in [-0.15, -0.1) is 0 Å². The fourth-order valence-corrected chi connectivity index (χ4v) is 6.42. The summed E-state index contributed by atoms with van der Waals surface area (Å²) in [7, 11) is 3.83. The molecule has 0 spiro atoms. The van der Waals surface area contributed by atoms with Crippen molar-refractivity contribution in [2.75, 3.05) is 14.1 Å². The Morgan fingerprint density at radius 1 is 0.842 bits per heavy atom. The zero-order valence-electron chi connectivity index (χ0n) is 25.2. The first-order chi connectivity index (χ1) is 17.6. The molecule has 0 aliphatic carbocycles. The van der Waals surface area contributed by atoms with E-state index in [0.717, 1.165) is 0 Å². The van der Waals surface area contributed by atoms with Crippen LogP contribution in [0, 0.1) is 35.5 Å². The van der Waals surface area contributed by atoms with Crippen molar-refractivity contribution in [1.29, 1.82) is 0 Å². The van der Waals surface area contributed by atoms with Crippen molar-refractivity contribution < 1.29 is 39.4 Å². The molecule has 38 heavy (non-hydrogen) atoms. The third kappa shape index (κ3) is 7.75. The molecule has 0 bridgehead atoms. The Kier molecular flexibility index (Phi) is 12.6. The lowest BCUT2D eigenvalue weighted by atomic mass is 9.76. The molecule has 0 saturated carbocycles. The fourth-order valence-electron chi connectivity index (χ4n) is 6.42. The van der Waals surface area contributed by atoms with Gasteiger partial charge in [0.25, 0.3) is 0 Å². The van der Waals surface area contributed by atoms with E-state index in [2.05, 4.69) is 0 Å². The molecule has 2 saturated heterocycles. The maximum Gasteiger partial charge on any atom is 0.185 e. The smallest absolute Gasteiger partial charge is 0.185 e. The van der Waals surface area contributed by atoms with E-state index in [-0.39, 0.29) is 35.7 Å². The molecule has 0 aromatic carbocycles. The van der Waals surface area contributed by atoms with E-state index in [1.807, 2.05) is 60.5 Å². The summed E-state index contributed by atoms with van der Waals surface area (Å²) in [5, 5.41) is 44.5. The van der Waals surface area contributed by atoms with Crippen molar-refractivity contribution in [3.8, 4) is 0 Å². The predicted octanol–water partition coefficient (Wildman–Crippen LogP) is 2.42. The third-order valence-electron chi connectivity index (χ3n) is 9.19. The number of nitrogens with zero attached hydrogens (tertiary/aromatic N) is 1. The number of likely N-dealkylation sites (N-methyl/N-ethyl adjacent to an activating group) is 1. The van der Waals surface area contributed by atoms with Crippen LogP contribution in [0.2, 0.25) is 0 Å². The third-order valence-corrected chi connectivity index (χ3v) is 9.19. The van der Waals surface area contributed by atoms with Crippen LogP contribution in [0.1, 0.15) is 74.7 Å². The molecule has 1 unspecified atom stereocenters. The molecule has 2 aliphatic rings. The van der Waals surface area contributed by atoms with E-state index in [1.165, 1.54) is 0 Å². The highest BCUT2D eigenvalue weighted by molar-refractivity contribution is 5.83. The van der Waals surface area contributed by atoms with Gasteiger partial charge >= 0.3 is 0 Å². The van der Waals surface area contributed by atoms with Crippen LogP contribution in [0.4, 0.5) is 0 Å². The summed E-state index contributed by atoms with van der Waals surface area (Å²) < 4.78 is 18.5. The van der Waals surface area contributed by atoms with E-state index in [9.17, 15) is 25.2 Å². The molecule has 4 N–H and O–H groups in total. The first-order valence-electron chi connectivity index (χ1n) is 14.5. The Morgan fingerprint density at radius 2 is 1.45 bits per heavy atom. The molecule has 2 aliphatic heterocycles. The minimum absolute atomic E-state index is 0.0424. The molecule has 9 nitrogen and oxygen atoms in total. The standard InChI is InChI=1S/C29H55NO8/c1-11-22-17(5)24(32)18(6)23(31)14(2)12-15(3)27(19(7)25(33)20(8)28(35)37-22)38-29-26(34)21(30(9)10)13-16(4)36-29/h14-22,24-29,32-35H,11-13H2,1-10H3/t14-,15+,16-,17+,18+,19+,20-,21+,22-,24+,25+,26-,27+,28?,29+/m1/s1. The number of carbonyl (C=O) groups excluding carboxylic acids is 1. The van der Waals surface area contributed by atoms with Gasteiger partial charge in [0.05, 0.1) is 30.5 Å². The summed E-state index contributed by atoms with van der Waals surface area (Å²) in [6.07, 6.45) is -4.50. The van der Waals surface area contributed by atoms with Crippen LogP contribution in [-0.2, 0) is 19.0 Å². The topological polar surface area (TPSA) is 129 Å². The van der Waals surface area contributed by atoms with E-state index in [4.69, 9.17) is 14.2 Å². The number of carbonyl (C=O) groups is 1. The SMILES string of the molecule is CC[C@H]1OC(O)[C@H](C)[C@@H](O)[C@H](C)[C@@H](O[C@@H]2O[C@H](C)C[C@H](N(C)C)[C@H]2O)[C@@H](C)C[C@@H](C)C(=O)[C@H](C)[C@@H](O)[C@H]1C. The molecule has 2 rings (SSSR count). The quantitative estimate of drug-likeness (QED) is 0.421. The van der Waals surface area contributed by atoms with Gasteiger partial charge < -0.3 is 39.5 Å². The highest BCUT2D eigenvalue weighted by Crippen LogP contribution is 2.35. The van der Waals surface area contributed by atoms with Crippen molar-refractivity contribution >= 4 is 5.78 Å². The molecule has 0 amide bonds. The lowest BCUT2D eigenvalue weighted by molar-refractivity contribution is -0.285. The molecule has 224 valence electrons. The summed E-state index contributed by atoms with van der Waals surface area (Å²) in [6, 6.07) is -0.150. The van der Waals surface area contributed by atoms with Crippen LogP contribution in [-0.4, -0.2) is 100 Å². The van der Waals surface area contributed by atoms with Crippen molar-refractivity contribution in [1.82, 2.24) is 4.90 Å². The Balaban J connectivity index is 2.43. The largest absolute Gasteiger partial charge is 0.392 e. The highest BCUT2D eigenvalue weighted by atomic mass is 16.7. The summed E-state index contributed by atoms with van der Waals surface area (Å²) in [4.78, 5) is 15.3. The second-order valence-electron chi connectivity index (χ2n) is 12.5. The van der Waals surface area contributed by atoms with Gasteiger partial charge in [-0.1, -0.05) is 48.5 Å². The number of rotatable bonds is 4. The van der Waals surface area contributed by atoms with Crippen LogP contribution in [0.5, 0.6) is 0 Å². The highest BCUT2D eigenvalue weighted by Gasteiger charge is 2.44. The van der Waals surface area contributed by atoms with E-state index in [1.54, 1.807) is 13.8 Å². The number of aliphatic hydroxyl groups excluding tert-OH is 4. The average Bonchev–Trinajstić information content (AvgIpc) is 2.87. The molecule has 0 radical (unpaired) electrons. The molecule has 0 aromatic heterocycles. The Hall–Kier alpha value is -0.650. The minimum Gasteiger partial charge on any atom is -0.392 e. The van der Waals surface area contributed by atoms with E-state index in [0.29, 0.717) is 19.3 Å².